The van der Waals surface area contributed by atoms with Crippen LogP contribution >= 0.6 is 23.2 Å². The third-order valence-corrected chi connectivity index (χ3v) is 3.28. The summed E-state index contributed by atoms with van der Waals surface area (Å²) in [6.45, 7) is 0.125. The highest BCUT2D eigenvalue weighted by Gasteiger charge is 2.07. The molecule has 0 aliphatic heterocycles. The van der Waals surface area contributed by atoms with Crippen molar-refractivity contribution in [2.45, 2.75) is 0 Å². The van der Waals surface area contributed by atoms with E-state index in [0.717, 1.165) is 12.1 Å². The van der Waals surface area contributed by atoms with Crippen molar-refractivity contribution in [3.8, 4) is 5.75 Å². The maximum absolute atomic E-state index is 13.3. The van der Waals surface area contributed by atoms with Gasteiger partial charge >= 0.3 is 6.03 Å². The minimum Gasteiger partial charge on any atom is -0.489 e. The van der Waals surface area contributed by atoms with Crippen LogP contribution in [0.5, 0.6) is 5.75 Å². The van der Waals surface area contributed by atoms with Crippen LogP contribution in [0.4, 0.5) is 19.3 Å². The Morgan fingerprint density at radius 2 is 1.91 bits per heavy atom. The second-order valence-corrected chi connectivity index (χ2v) is 5.27. The van der Waals surface area contributed by atoms with Crippen LogP contribution < -0.4 is 15.4 Å². The molecule has 2 N–H and O–H groups in total. The van der Waals surface area contributed by atoms with Crippen molar-refractivity contribution >= 4 is 34.9 Å². The number of rotatable bonds is 5. The van der Waals surface area contributed by atoms with Gasteiger partial charge in [0.05, 0.1) is 17.3 Å². The van der Waals surface area contributed by atoms with Crippen molar-refractivity contribution in [1.29, 1.82) is 0 Å². The number of ether oxygens (including phenoxy) is 1. The Morgan fingerprint density at radius 1 is 1.13 bits per heavy atom. The lowest BCUT2D eigenvalue weighted by molar-refractivity contribution is 0.246. The number of urea groups is 1. The Labute approximate surface area is 141 Å². The van der Waals surface area contributed by atoms with Crippen LogP contribution in [0.2, 0.25) is 10.0 Å². The average Bonchev–Trinajstić information content (AvgIpc) is 2.49. The van der Waals surface area contributed by atoms with Crippen LogP contribution in [-0.2, 0) is 0 Å². The molecule has 0 unspecified atom stereocenters. The smallest absolute Gasteiger partial charge is 0.319 e. The molecule has 0 radical (unpaired) electrons. The van der Waals surface area contributed by atoms with Gasteiger partial charge in [-0.2, -0.15) is 0 Å². The molecule has 0 saturated carbocycles. The van der Waals surface area contributed by atoms with Crippen molar-refractivity contribution in [2.75, 3.05) is 18.5 Å². The van der Waals surface area contributed by atoms with E-state index in [1.807, 2.05) is 0 Å². The average molecular weight is 361 g/mol. The third kappa shape index (κ3) is 5.26. The molecule has 23 heavy (non-hydrogen) atoms. The first-order chi connectivity index (χ1) is 11.0. The van der Waals surface area contributed by atoms with Gasteiger partial charge in [0.25, 0.3) is 0 Å². The summed E-state index contributed by atoms with van der Waals surface area (Å²) in [5.41, 5.74) is 0.363. The minimum atomic E-state index is -0.805. The number of hydrogen-bond donors (Lipinski definition) is 2. The largest absolute Gasteiger partial charge is 0.489 e. The molecule has 0 aliphatic rings. The lowest BCUT2D eigenvalue weighted by Gasteiger charge is -2.10. The number of halogens is 4. The molecule has 0 bridgehead atoms. The van der Waals surface area contributed by atoms with Crippen LogP contribution in [0.3, 0.4) is 0 Å². The fourth-order valence-corrected chi connectivity index (χ4v) is 2.01. The standard InChI is InChI=1S/C15H12Cl2F2N2O2/c16-9-1-3-11(17)13(7-9)21-15(22)20-5-6-23-14-4-2-10(18)8-12(14)19/h1-4,7-8H,5-6H2,(H2,20,21,22). The number of carbonyl (C=O) groups is 1. The maximum atomic E-state index is 13.3. The van der Waals surface area contributed by atoms with E-state index in [4.69, 9.17) is 27.9 Å². The molecule has 4 nitrogen and oxygen atoms in total. The van der Waals surface area contributed by atoms with Gasteiger partial charge in [0, 0.05) is 11.1 Å². The maximum Gasteiger partial charge on any atom is 0.319 e. The highest BCUT2D eigenvalue weighted by atomic mass is 35.5. The Morgan fingerprint density at radius 3 is 2.65 bits per heavy atom. The first kappa shape index (κ1) is 17.3. The van der Waals surface area contributed by atoms with Crippen LogP contribution in [0, 0.1) is 11.6 Å². The molecule has 0 fully saturated rings. The van der Waals surface area contributed by atoms with E-state index in [9.17, 15) is 13.6 Å². The van der Waals surface area contributed by atoms with E-state index in [1.165, 1.54) is 12.1 Å². The highest BCUT2D eigenvalue weighted by molar-refractivity contribution is 6.35. The molecule has 0 heterocycles. The molecule has 8 heteroatoms. The van der Waals surface area contributed by atoms with Gasteiger partial charge in [-0.3, -0.25) is 0 Å². The van der Waals surface area contributed by atoms with Gasteiger partial charge in [0.15, 0.2) is 11.6 Å². The molecule has 0 atom stereocenters. The number of anilines is 1. The molecule has 0 aromatic heterocycles. The zero-order valence-electron chi connectivity index (χ0n) is 11.7. The van der Waals surface area contributed by atoms with E-state index in [2.05, 4.69) is 10.6 Å². The van der Waals surface area contributed by atoms with Crippen LogP contribution in [0.25, 0.3) is 0 Å². The van der Waals surface area contributed by atoms with Gasteiger partial charge in [-0.15, -0.1) is 0 Å². The zero-order valence-corrected chi connectivity index (χ0v) is 13.2. The quantitative estimate of drug-likeness (QED) is 0.772. The molecular weight excluding hydrogens is 349 g/mol. The Kier molecular flexibility index (Phi) is 6.01. The number of carbonyl (C=O) groups excluding carboxylic acids is 1. The molecule has 0 saturated heterocycles. The van der Waals surface area contributed by atoms with Gasteiger partial charge in [-0.1, -0.05) is 23.2 Å². The summed E-state index contributed by atoms with van der Waals surface area (Å²) in [4.78, 5) is 11.7. The van der Waals surface area contributed by atoms with Crippen LogP contribution in [0.1, 0.15) is 0 Å². The highest BCUT2D eigenvalue weighted by Crippen LogP contribution is 2.25. The van der Waals surface area contributed by atoms with E-state index >= 15 is 0 Å². The summed E-state index contributed by atoms with van der Waals surface area (Å²) in [5.74, 6) is -1.59. The summed E-state index contributed by atoms with van der Waals surface area (Å²) in [6, 6.07) is 7.12. The normalized spacial score (nSPS) is 10.3. The predicted octanol–water partition coefficient (Wildman–Crippen LogP) is 4.47. The van der Waals surface area contributed by atoms with Gasteiger partial charge in [0.2, 0.25) is 0 Å². The first-order valence-electron chi connectivity index (χ1n) is 6.53. The second-order valence-electron chi connectivity index (χ2n) is 4.43. The SMILES string of the molecule is O=C(NCCOc1ccc(F)cc1F)Nc1cc(Cl)ccc1Cl. The fraction of sp³-hybridized carbons (Fsp3) is 0.133. The monoisotopic (exact) mass is 360 g/mol. The topological polar surface area (TPSA) is 50.4 Å². The van der Waals surface area contributed by atoms with Crippen LogP contribution in [-0.4, -0.2) is 19.2 Å². The van der Waals surface area contributed by atoms with Gasteiger partial charge in [0.1, 0.15) is 12.4 Å². The number of nitrogens with one attached hydrogen (secondary N) is 2. The van der Waals surface area contributed by atoms with Gasteiger partial charge in [-0.25, -0.2) is 13.6 Å². The Bertz CT molecular complexity index is 714. The zero-order chi connectivity index (χ0) is 16.8. The summed E-state index contributed by atoms with van der Waals surface area (Å²) in [5, 5.41) is 5.80. The summed E-state index contributed by atoms with van der Waals surface area (Å²) in [6.07, 6.45) is 0. The molecule has 2 aromatic rings. The van der Waals surface area contributed by atoms with E-state index in [-0.39, 0.29) is 18.9 Å². The van der Waals surface area contributed by atoms with Crippen molar-refractivity contribution in [1.82, 2.24) is 5.32 Å². The molecule has 2 amide bonds. The molecule has 2 rings (SSSR count). The molecule has 2 aromatic carbocycles. The summed E-state index contributed by atoms with van der Waals surface area (Å²) < 4.78 is 31.1. The van der Waals surface area contributed by atoms with Crippen LogP contribution in [0.15, 0.2) is 36.4 Å². The van der Waals surface area contributed by atoms with Crippen molar-refractivity contribution in [3.05, 3.63) is 58.1 Å². The molecular formula is C15H12Cl2F2N2O2. The van der Waals surface area contributed by atoms with Gasteiger partial charge < -0.3 is 15.4 Å². The number of benzene rings is 2. The van der Waals surface area contributed by atoms with Gasteiger partial charge in [-0.05, 0) is 30.3 Å². The number of amides is 2. The first-order valence-corrected chi connectivity index (χ1v) is 7.29. The molecule has 0 spiro atoms. The lowest BCUT2D eigenvalue weighted by Crippen LogP contribution is -2.32. The second kappa shape index (κ2) is 7.99. The predicted molar refractivity (Wildman–Crippen MR) is 85.3 cm³/mol. The fourth-order valence-electron chi connectivity index (χ4n) is 1.68. The Balaban J connectivity index is 1.77. The summed E-state index contributed by atoms with van der Waals surface area (Å²) in [7, 11) is 0. The van der Waals surface area contributed by atoms with E-state index in [0.29, 0.717) is 15.7 Å². The molecule has 122 valence electrons. The number of hydrogen-bond acceptors (Lipinski definition) is 2. The van der Waals surface area contributed by atoms with Crippen molar-refractivity contribution in [2.24, 2.45) is 0 Å². The van der Waals surface area contributed by atoms with Crippen molar-refractivity contribution < 1.29 is 18.3 Å². The third-order valence-electron chi connectivity index (χ3n) is 2.72. The minimum absolute atomic E-state index is 0.0131. The van der Waals surface area contributed by atoms with E-state index < -0.39 is 17.7 Å². The van der Waals surface area contributed by atoms with E-state index in [1.54, 1.807) is 12.1 Å². The van der Waals surface area contributed by atoms with Crippen molar-refractivity contribution in [3.63, 3.8) is 0 Å². The Hall–Kier alpha value is -2.05. The summed E-state index contributed by atoms with van der Waals surface area (Å²) >= 11 is 11.7. The molecule has 0 aliphatic carbocycles. The lowest BCUT2D eigenvalue weighted by atomic mass is 10.3.